The Morgan fingerprint density at radius 2 is 1.96 bits per heavy atom. The van der Waals surface area contributed by atoms with E-state index in [2.05, 4.69) is 0 Å². The predicted molar refractivity (Wildman–Crippen MR) is 102 cm³/mol. The Hall–Kier alpha value is -2.56. The zero-order chi connectivity index (χ0) is 19.6. The summed E-state index contributed by atoms with van der Waals surface area (Å²) in [4.78, 5) is 25.5. The Morgan fingerprint density at radius 1 is 1.26 bits per heavy atom. The molecule has 5 heteroatoms. The van der Waals surface area contributed by atoms with E-state index in [0.29, 0.717) is 30.6 Å². The topological polar surface area (TPSA) is 78.6 Å². The summed E-state index contributed by atoms with van der Waals surface area (Å²) >= 11 is 0. The maximum atomic E-state index is 12.9. The van der Waals surface area contributed by atoms with E-state index < -0.39 is 11.9 Å². The van der Waals surface area contributed by atoms with Crippen LogP contribution in [0.1, 0.15) is 45.6 Å². The van der Waals surface area contributed by atoms with Gasteiger partial charge in [-0.15, -0.1) is 0 Å². The van der Waals surface area contributed by atoms with Crippen molar-refractivity contribution < 1.29 is 19.1 Å². The van der Waals surface area contributed by atoms with E-state index in [1.165, 1.54) is 0 Å². The van der Waals surface area contributed by atoms with Crippen LogP contribution in [0.25, 0.3) is 0 Å². The number of carbonyl (C=O) groups excluding carboxylic acids is 2. The molecule has 1 heterocycles. The Balaban J connectivity index is 1.96. The number of rotatable bonds is 5. The molecule has 2 aliphatic rings. The Bertz CT molecular complexity index is 805. The second-order valence-corrected chi connectivity index (χ2v) is 7.96. The number of nitrogens with two attached hydrogens (primary N) is 1. The third-order valence-corrected chi connectivity index (χ3v) is 5.13. The third-order valence-electron chi connectivity index (χ3n) is 5.13. The number of Topliss-reactive ketones (excluding diaryl/α,β-unsaturated/α-hetero) is 1. The number of benzene rings is 1. The van der Waals surface area contributed by atoms with Gasteiger partial charge in [-0.25, -0.2) is 4.79 Å². The first kappa shape index (κ1) is 19.2. The van der Waals surface area contributed by atoms with Crippen LogP contribution < -0.4 is 5.73 Å². The van der Waals surface area contributed by atoms with Crippen LogP contribution in [0.15, 0.2) is 53.1 Å². The molecule has 1 aromatic rings. The number of hydrogen-bond donors (Lipinski definition) is 1. The second-order valence-electron chi connectivity index (χ2n) is 7.96. The van der Waals surface area contributed by atoms with Crippen molar-refractivity contribution in [2.24, 2.45) is 17.1 Å². The zero-order valence-corrected chi connectivity index (χ0v) is 16.2. The minimum absolute atomic E-state index is 0.0358. The largest absolute Gasteiger partial charge is 0.462 e. The third kappa shape index (κ3) is 4.07. The monoisotopic (exact) mass is 369 g/mol. The summed E-state index contributed by atoms with van der Waals surface area (Å²) in [7, 11) is 0. The minimum Gasteiger partial charge on any atom is -0.462 e. The van der Waals surface area contributed by atoms with Gasteiger partial charge in [0.1, 0.15) is 11.3 Å². The lowest BCUT2D eigenvalue weighted by molar-refractivity contribution is -0.139. The van der Waals surface area contributed by atoms with Crippen LogP contribution in [0.3, 0.4) is 0 Å². The van der Waals surface area contributed by atoms with E-state index in [9.17, 15) is 9.59 Å². The van der Waals surface area contributed by atoms with Crippen LogP contribution in [-0.4, -0.2) is 18.4 Å². The summed E-state index contributed by atoms with van der Waals surface area (Å²) in [5, 5.41) is 0. The lowest BCUT2D eigenvalue weighted by atomic mass is 9.70. The average molecular weight is 369 g/mol. The van der Waals surface area contributed by atoms with Gasteiger partial charge in [0.25, 0.3) is 0 Å². The van der Waals surface area contributed by atoms with E-state index >= 15 is 0 Å². The molecule has 0 amide bonds. The standard InChI is InChI=1S/C22H27NO4/c1-4-26-21(25)19-15(11-10-14-8-6-5-7-9-14)18-16(24)12-22(2,3)13-17(18)27-20(19)23/h5-9,15H,4,10-13,23H2,1-3H3. The first-order valence-corrected chi connectivity index (χ1v) is 9.47. The van der Waals surface area contributed by atoms with Gasteiger partial charge in [0, 0.05) is 24.3 Å². The Kier molecular flexibility index (Phi) is 5.40. The first-order valence-electron chi connectivity index (χ1n) is 9.47. The number of allylic oxidation sites excluding steroid dienone is 2. The Labute approximate surface area is 160 Å². The van der Waals surface area contributed by atoms with E-state index in [-0.39, 0.29) is 29.3 Å². The smallest absolute Gasteiger partial charge is 0.340 e. The minimum atomic E-state index is -0.503. The summed E-state index contributed by atoms with van der Waals surface area (Å²) in [6, 6.07) is 10.0. The van der Waals surface area contributed by atoms with Crippen LogP contribution in [0.4, 0.5) is 0 Å². The van der Waals surface area contributed by atoms with Crippen molar-refractivity contribution in [3.05, 3.63) is 58.7 Å². The first-order chi connectivity index (χ1) is 12.8. The zero-order valence-electron chi connectivity index (χ0n) is 16.2. The van der Waals surface area contributed by atoms with E-state index in [0.717, 1.165) is 12.0 Å². The molecule has 0 saturated heterocycles. The van der Waals surface area contributed by atoms with E-state index in [1.807, 2.05) is 44.2 Å². The van der Waals surface area contributed by atoms with Gasteiger partial charge in [0.05, 0.1) is 6.61 Å². The van der Waals surface area contributed by atoms with Crippen LogP contribution in [0, 0.1) is 11.3 Å². The maximum Gasteiger partial charge on any atom is 0.340 e. The predicted octanol–water partition coefficient (Wildman–Crippen LogP) is 3.64. The fourth-order valence-electron chi connectivity index (χ4n) is 3.96. The summed E-state index contributed by atoms with van der Waals surface area (Å²) < 4.78 is 11.0. The number of carbonyl (C=O) groups is 2. The molecule has 0 bridgehead atoms. The van der Waals surface area contributed by atoms with E-state index in [4.69, 9.17) is 15.2 Å². The van der Waals surface area contributed by atoms with Crippen LogP contribution in [-0.2, 0) is 25.5 Å². The number of ether oxygens (including phenoxy) is 2. The van der Waals surface area contributed by atoms with Gasteiger partial charge in [0.2, 0.25) is 5.88 Å². The quantitative estimate of drug-likeness (QED) is 0.802. The van der Waals surface area contributed by atoms with Crippen LogP contribution in [0.2, 0.25) is 0 Å². The second kappa shape index (κ2) is 7.59. The van der Waals surface area contributed by atoms with Crippen molar-refractivity contribution >= 4 is 11.8 Å². The number of esters is 1. The van der Waals surface area contributed by atoms with Gasteiger partial charge in [-0.2, -0.15) is 0 Å². The molecule has 27 heavy (non-hydrogen) atoms. The van der Waals surface area contributed by atoms with Gasteiger partial charge in [-0.3, -0.25) is 4.79 Å². The van der Waals surface area contributed by atoms with Crippen molar-refractivity contribution in [1.29, 1.82) is 0 Å². The van der Waals surface area contributed by atoms with Gasteiger partial charge in [0.15, 0.2) is 5.78 Å². The van der Waals surface area contributed by atoms with Crippen molar-refractivity contribution in [2.75, 3.05) is 6.61 Å². The summed E-state index contributed by atoms with van der Waals surface area (Å²) in [6.07, 6.45) is 2.40. The lowest BCUT2D eigenvalue weighted by Gasteiger charge is -2.37. The highest BCUT2D eigenvalue weighted by Gasteiger charge is 2.44. The summed E-state index contributed by atoms with van der Waals surface area (Å²) in [6.45, 7) is 6.07. The molecule has 144 valence electrons. The molecule has 3 rings (SSSR count). The maximum absolute atomic E-state index is 12.9. The van der Waals surface area contributed by atoms with Crippen molar-refractivity contribution in [3.63, 3.8) is 0 Å². The molecule has 5 nitrogen and oxygen atoms in total. The SMILES string of the molecule is CCOC(=O)C1=C(N)OC2=C(C(=O)CC(C)(C)C2)C1CCc1ccccc1. The molecule has 1 unspecified atom stereocenters. The molecule has 0 aromatic heterocycles. The number of aryl methyl sites for hydroxylation is 1. The highest BCUT2D eigenvalue weighted by molar-refractivity contribution is 6.01. The van der Waals surface area contributed by atoms with Gasteiger partial charge in [-0.1, -0.05) is 44.2 Å². The lowest BCUT2D eigenvalue weighted by Crippen LogP contribution is -2.36. The molecular weight excluding hydrogens is 342 g/mol. The van der Waals surface area contributed by atoms with Gasteiger partial charge in [-0.05, 0) is 30.7 Å². The fraction of sp³-hybridized carbons (Fsp3) is 0.455. The molecule has 1 atom stereocenters. The van der Waals surface area contributed by atoms with E-state index in [1.54, 1.807) is 6.92 Å². The Morgan fingerprint density at radius 3 is 2.63 bits per heavy atom. The van der Waals surface area contributed by atoms with Gasteiger partial charge >= 0.3 is 5.97 Å². The highest BCUT2D eigenvalue weighted by atomic mass is 16.5. The molecule has 0 fully saturated rings. The number of ketones is 1. The van der Waals surface area contributed by atoms with Crippen molar-refractivity contribution in [2.45, 2.75) is 46.5 Å². The molecule has 2 N–H and O–H groups in total. The van der Waals surface area contributed by atoms with Crippen LogP contribution >= 0.6 is 0 Å². The highest BCUT2D eigenvalue weighted by Crippen LogP contribution is 2.45. The molecule has 1 aliphatic heterocycles. The summed E-state index contributed by atoms with van der Waals surface area (Å²) in [5.74, 6) is -0.182. The molecule has 1 aromatic carbocycles. The normalized spacial score (nSPS) is 21.6. The molecule has 0 radical (unpaired) electrons. The van der Waals surface area contributed by atoms with Gasteiger partial charge < -0.3 is 15.2 Å². The van der Waals surface area contributed by atoms with Crippen molar-refractivity contribution in [3.8, 4) is 0 Å². The summed E-state index contributed by atoms with van der Waals surface area (Å²) in [5.41, 5.74) is 7.97. The number of hydrogen-bond acceptors (Lipinski definition) is 5. The average Bonchev–Trinajstić information content (AvgIpc) is 2.59. The molecule has 0 saturated carbocycles. The molecule has 0 spiro atoms. The molecular formula is C22H27NO4. The molecule has 1 aliphatic carbocycles. The van der Waals surface area contributed by atoms with Crippen LogP contribution in [0.5, 0.6) is 0 Å². The fourth-order valence-corrected chi connectivity index (χ4v) is 3.96. The van der Waals surface area contributed by atoms with Crippen molar-refractivity contribution in [1.82, 2.24) is 0 Å².